The smallest absolute Gasteiger partial charge is 0.257 e. The first-order valence-corrected chi connectivity index (χ1v) is 5.84. The number of carbonyl (C=O) groups is 1. The van der Waals surface area contributed by atoms with Crippen LogP contribution in [0.25, 0.3) is 0 Å². The summed E-state index contributed by atoms with van der Waals surface area (Å²) in [7, 11) is 0. The van der Waals surface area contributed by atoms with Crippen molar-refractivity contribution in [1.29, 1.82) is 0 Å². The van der Waals surface area contributed by atoms with Crippen LogP contribution >= 0.6 is 0 Å². The maximum atomic E-state index is 13.2. The quantitative estimate of drug-likeness (QED) is 0.822. The summed E-state index contributed by atoms with van der Waals surface area (Å²) in [6, 6.07) is 2.88. The van der Waals surface area contributed by atoms with Crippen molar-refractivity contribution in [2.75, 3.05) is 13.2 Å². The van der Waals surface area contributed by atoms with Gasteiger partial charge >= 0.3 is 0 Å². The fourth-order valence-electron chi connectivity index (χ4n) is 1.46. The molecule has 0 saturated heterocycles. The predicted octanol–water partition coefficient (Wildman–Crippen LogP) is 0.821. The van der Waals surface area contributed by atoms with Gasteiger partial charge in [-0.3, -0.25) is 9.89 Å². The van der Waals surface area contributed by atoms with Gasteiger partial charge in [-0.1, -0.05) is 0 Å². The average molecular weight is 282 g/mol. The molecule has 1 aromatic carbocycles. The third kappa shape index (κ3) is 4.01. The van der Waals surface area contributed by atoms with E-state index in [4.69, 9.17) is 4.74 Å². The zero-order valence-electron chi connectivity index (χ0n) is 10.4. The van der Waals surface area contributed by atoms with E-state index in [0.29, 0.717) is 24.9 Å². The maximum absolute atomic E-state index is 13.2. The highest BCUT2D eigenvalue weighted by Gasteiger charge is 2.08. The number of halogens is 2. The molecule has 20 heavy (non-hydrogen) atoms. The van der Waals surface area contributed by atoms with E-state index in [1.165, 1.54) is 6.33 Å². The third-order valence-electron chi connectivity index (χ3n) is 2.40. The normalized spacial score (nSPS) is 10.3. The van der Waals surface area contributed by atoms with Crippen molar-refractivity contribution in [3.8, 4) is 5.75 Å². The van der Waals surface area contributed by atoms with Crippen molar-refractivity contribution in [2.24, 2.45) is 0 Å². The van der Waals surface area contributed by atoms with Crippen LogP contribution in [0.5, 0.6) is 5.75 Å². The highest BCUT2D eigenvalue weighted by molar-refractivity contribution is 5.77. The lowest BCUT2D eigenvalue weighted by atomic mass is 10.3. The van der Waals surface area contributed by atoms with Gasteiger partial charge in [0.1, 0.15) is 18.0 Å². The number of nitrogens with zero attached hydrogens (tertiary/aromatic N) is 2. The highest BCUT2D eigenvalue weighted by atomic mass is 19.1. The lowest BCUT2D eigenvalue weighted by molar-refractivity contribution is -0.123. The van der Waals surface area contributed by atoms with E-state index in [9.17, 15) is 13.6 Å². The molecule has 8 heteroatoms. The second kappa shape index (κ2) is 6.60. The van der Waals surface area contributed by atoms with E-state index in [1.807, 2.05) is 0 Å². The van der Waals surface area contributed by atoms with Crippen LogP contribution in [-0.2, 0) is 11.2 Å². The molecule has 0 fully saturated rings. The van der Waals surface area contributed by atoms with Crippen LogP contribution in [0.15, 0.2) is 24.5 Å². The zero-order valence-corrected chi connectivity index (χ0v) is 10.4. The largest absolute Gasteiger partial charge is 0.481 e. The molecule has 2 rings (SSSR count). The Kier molecular flexibility index (Phi) is 4.59. The fraction of sp³-hybridized carbons (Fsp3) is 0.250. The standard InChI is InChI=1S/C12H12F2N4O2/c13-8-1-2-10(9(14)5-8)20-6-12(19)15-4-3-11-16-7-17-18-11/h1-2,5,7H,3-4,6H2,(H,15,19)(H,16,17,18). The fourth-order valence-corrected chi connectivity index (χ4v) is 1.46. The molecular formula is C12H12F2N4O2. The summed E-state index contributed by atoms with van der Waals surface area (Å²) >= 11 is 0. The molecule has 6 nitrogen and oxygen atoms in total. The van der Waals surface area contributed by atoms with Gasteiger partial charge in [-0.2, -0.15) is 5.10 Å². The van der Waals surface area contributed by atoms with Crippen LogP contribution in [0.4, 0.5) is 8.78 Å². The number of ether oxygens (including phenoxy) is 1. The minimum absolute atomic E-state index is 0.170. The molecule has 1 amide bonds. The Morgan fingerprint density at radius 3 is 2.95 bits per heavy atom. The molecule has 0 radical (unpaired) electrons. The molecule has 0 saturated carbocycles. The first-order chi connectivity index (χ1) is 9.65. The van der Waals surface area contributed by atoms with Gasteiger partial charge in [0.15, 0.2) is 18.2 Å². The molecular weight excluding hydrogens is 270 g/mol. The summed E-state index contributed by atoms with van der Waals surface area (Å²) in [5.74, 6) is -1.48. The van der Waals surface area contributed by atoms with Crippen molar-refractivity contribution >= 4 is 5.91 Å². The predicted molar refractivity (Wildman–Crippen MR) is 64.9 cm³/mol. The van der Waals surface area contributed by atoms with E-state index in [1.54, 1.807) is 0 Å². The Morgan fingerprint density at radius 2 is 2.25 bits per heavy atom. The third-order valence-corrected chi connectivity index (χ3v) is 2.40. The second-order valence-corrected chi connectivity index (χ2v) is 3.90. The molecule has 1 heterocycles. The molecule has 0 spiro atoms. The topological polar surface area (TPSA) is 79.9 Å². The summed E-state index contributed by atoms with van der Waals surface area (Å²) in [6.45, 7) is 0.00223. The van der Waals surface area contributed by atoms with Crippen molar-refractivity contribution in [3.05, 3.63) is 42.0 Å². The summed E-state index contributed by atoms with van der Waals surface area (Å²) in [6.07, 6.45) is 1.87. The second-order valence-electron chi connectivity index (χ2n) is 3.90. The maximum Gasteiger partial charge on any atom is 0.257 e. The van der Waals surface area contributed by atoms with Gasteiger partial charge in [-0.15, -0.1) is 0 Å². The number of hydrogen-bond donors (Lipinski definition) is 2. The molecule has 0 atom stereocenters. The lowest BCUT2D eigenvalue weighted by Gasteiger charge is -2.07. The number of nitrogens with one attached hydrogen (secondary N) is 2. The number of benzene rings is 1. The molecule has 106 valence electrons. The van der Waals surface area contributed by atoms with E-state index >= 15 is 0 Å². The summed E-state index contributed by atoms with van der Waals surface area (Å²) < 4.78 is 30.8. The van der Waals surface area contributed by atoms with E-state index < -0.39 is 17.5 Å². The Morgan fingerprint density at radius 1 is 1.40 bits per heavy atom. The Hall–Kier alpha value is -2.51. The first kappa shape index (κ1) is 13.9. The average Bonchev–Trinajstić information content (AvgIpc) is 2.91. The van der Waals surface area contributed by atoms with Crippen LogP contribution in [0.2, 0.25) is 0 Å². The monoisotopic (exact) mass is 282 g/mol. The molecule has 0 aliphatic rings. The number of rotatable bonds is 6. The summed E-state index contributed by atoms with van der Waals surface area (Å²) in [5.41, 5.74) is 0. The number of hydrogen-bond acceptors (Lipinski definition) is 4. The van der Waals surface area contributed by atoms with Gasteiger partial charge < -0.3 is 10.1 Å². The first-order valence-electron chi connectivity index (χ1n) is 5.84. The van der Waals surface area contributed by atoms with Crippen LogP contribution < -0.4 is 10.1 Å². The Labute approximate surface area is 113 Å². The number of aromatic nitrogens is 3. The zero-order chi connectivity index (χ0) is 14.4. The van der Waals surface area contributed by atoms with Crippen LogP contribution in [0.1, 0.15) is 5.82 Å². The molecule has 0 bridgehead atoms. The van der Waals surface area contributed by atoms with Crippen LogP contribution in [-0.4, -0.2) is 34.2 Å². The van der Waals surface area contributed by atoms with E-state index in [-0.39, 0.29) is 12.4 Å². The Balaban J connectivity index is 1.72. The summed E-state index contributed by atoms with van der Waals surface area (Å²) in [5, 5.41) is 8.89. The van der Waals surface area contributed by atoms with Gasteiger partial charge in [0.05, 0.1) is 0 Å². The molecule has 0 aliphatic carbocycles. The van der Waals surface area contributed by atoms with Crippen molar-refractivity contribution in [2.45, 2.75) is 6.42 Å². The Bertz CT molecular complexity index is 575. The minimum Gasteiger partial charge on any atom is -0.481 e. The number of aromatic amines is 1. The van der Waals surface area contributed by atoms with E-state index in [0.717, 1.165) is 12.1 Å². The molecule has 2 aromatic rings. The summed E-state index contributed by atoms with van der Waals surface area (Å²) in [4.78, 5) is 15.3. The van der Waals surface area contributed by atoms with Crippen molar-refractivity contribution in [1.82, 2.24) is 20.5 Å². The number of carbonyl (C=O) groups excluding carboxylic acids is 1. The van der Waals surface area contributed by atoms with Crippen LogP contribution in [0.3, 0.4) is 0 Å². The van der Waals surface area contributed by atoms with Crippen molar-refractivity contribution in [3.63, 3.8) is 0 Å². The van der Waals surface area contributed by atoms with Gasteiger partial charge in [-0.05, 0) is 12.1 Å². The van der Waals surface area contributed by atoms with Gasteiger partial charge in [0.25, 0.3) is 5.91 Å². The lowest BCUT2D eigenvalue weighted by Crippen LogP contribution is -2.30. The molecule has 1 aromatic heterocycles. The number of H-pyrrole nitrogens is 1. The highest BCUT2D eigenvalue weighted by Crippen LogP contribution is 2.17. The minimum atomic E-state index is -0.848. The van der Waals surface area contributed by atoms with Gasteiger partial charge in [0.2, 0.25) is 0 Å². The van der Waals surface area contributed by atoms with Crippen LogP contribution in [0, 0.1) is 11.6 Å². The molecule has 0 aliphatic heterocycles. The van der Waals surface area contributed by atoms with E-state index in [2.05, 4.69) is 20.5 Å². The van der Waals surface area contributed by atoms with Gasteiger partial charge in [-0.25, -0.2) is 13.8 Å². The van der Waals surface area contributed by atoms with Gasteiger partial charge in [0, 0.05) is 19.0 Å². The molecule has 0 unspecified atom stereocenters. The molecule has 2 N–H and O–H groups in total. The number of amides is 1. The SMILES string of the molecule is O=C(COc1ccc(F)cc1F)NCCc1ncn[nH]1. The van der Waals surface area contributed by atoms with Crippen molar-refractivity contribution < 1.29 is 18.3 Å².